The fourth-order valence-electron chi connectivity index (χ4n) is 4.97. The quantitative estimate of drug-likeness (QED) is 0.629. The van der Waals surface area contributed by atoms with Crippen molar-refractivity contribution in [2.45, 2.75) is 51.3 Å². The van der Waals surface area contributed by atoms with E-state index in [0.29, 0.717) is 18.2 Å². The molecule has 33 heavy (non-hydrogen) atoms. The number of β-amino-alcohol motifs (C(OH)–C–C–N with tert-alkyl or cyclic N) is 1. The fraction of sp³-hybridized carbons (Fsp3) is 0.462. The summed E-state index contributed by atoms with van der Waals surface area (Å²) < 4.78 is 2.09. The van der Waals surface area contributed by atoms with Gasteiger partial charge >= 0.3 is 0 Å². The van der Waals surface area contributed by atoms with Gasteiger partial charge < -0.3 is 24.6 Å². The van der Waals surface area contributed by atoms with Crippen LogP contribution in [0.5, 0.6) is 0 Å². The number of benzene rings is 1. The Hall–Kier alpha value is -2.90. The summed E-state index contributed by atoms with van der Waals surface area (Å²) in [5.74, 6) is 0.0188. The number of aliphatic hydroxyl groups is 1. The molecular weight excluding hydrogens is 414 g/mol. The highest BCUT2D eigenvalue weighted by molar-refractivity contribution is 5.94. The van der Waals surface area contributed by atoms with Crippen molar-refractivity contribution in [2.24, 2.45) is 0 Å². The van der Waals surface area contributed by atoms with Crippen LogP contribution in [0.1, 0.15) is 47.3 Å². The molecule has 0 unspecified atom stereocenters. The average Bonchev–Trinajstić information content (AvgIpc) is 3.25. The molecule has 2 N–H and O–H groups in total. The molecule has 174 valence electrons. The summed E-state index contributed by atoms with van der Waals surface area (Å²) in [5, 5.41) is 13.5. The first-order chi connectivity index (χ1) is 16.0. The highest BCUT2D eigenvalue weighted by Gasteiger charge is 2.24. The lowest BCUT2D eigenvalue weighted by atomic mass is 10.0. The van der Waals surface area contributed by atoms with Crippen LogP contribution in [0.4, 0.5) is 5.69 Å². The molecule has 2 aromatic heterocycles. The standard InChI is InChI=1S/C26H33N5O2/c1-19-4-9-25-28-22(17-31(25)16-19)15-27-21-10-13-29(14-11-21)23-7-5-20(6-8-23)26(33)30-12-2-3-24(32)18-30/h4-9,16-17,21,24,27,32H,2-3,10-15,18H2,1H3/t24-/m0/s1. The Labute approximate surface area is 195 Å². The molecule has 7 heteroatoms. The van der Waals surface area contributed by atoms with E-state index < -0.39 is 6.10 Å². The van der Waals surface area contributed by atoms with Crippen molar-refractivity contribution >= 4 is 17.2 Å². The predicted octanol–water partition coefficient (Wildman–Crippen LogP) is 3.00. The fourth-order valence-corrected chi connectivity index (χ4v) is 4.97. The molecule has 0 spiro atoms. The van der Waals surface area contributed by atoms with Crippen molar-refractivity contribution in [3.05, 3.63) is 65.6 Å². The number of imidazole rings is 1. The Morgan fingerprint density at radius 2 is 1.85 bits per heavy atom. The van der Waals surface area contributed by atoms with Crippen LogP contribution in [0.3, 0.4) is 0 Å². The number of hydrogen-bond acceptors (Lipinski definition) is 5. The van der Waals surface area contributed by atoms with Gasteiger partial charge in [-0.05, 0) is 68.5 Å². The lowest BCUT2D eigenvalue weighted by molar-refractivity contribution is 0.0474. The summed E-state index contributed by atoms with van der Waals surface area (Å²) in [6.07, 6.45) is 7.64. The number of rotatable bonds is 5. The zero-order chi connectivity index (χ0) is 22.8. The van der Waals surface area contributed by atoms with Crippen LogP contribution in [-0.2, 0) is 6.54 Å². The van der Waals surface area contributed by atoms with Crippen LogP contribution in [0, 0.1) is 6.92 Å². The number of nitrogens with zero attached hydrogens (tertiary/aromatic N) is 4. The van der Waals surface area contributed by atoms with E-state index in [1.807, 2.05) is 12.1 Å². The SMILES string of the molecule is Cc1ccc2nc(CNC3CCN(c4ccc(C(=O)N5CCC[C@H](O)C5)cc4)CC3)cn2c1. The Kier molecular flexibility index (Phi) is 6.33. The maximum absolute atomic E-state index is 12.7. The van der Waals surface area contributed by atoms with E-state index in [1.54, 1.807) is 4.90 Å². The first kappa shape index (κ1) is 21.9. The van der Waals surface area contributed by atoms with E-state index in [1.165, 1.54) is 11.3 Å². The summed E-state index contributed by atoms with van der Waals surface area (Å²) in [5.41, 5.74) is 5.16. The van der Waals surface area contributed by atoms with Crippen LogP contribution >= 0.6 is 0 Å². The second-order valence-corrected chi connectivity index (χ2v) is 9.44. The Morgan fingerprint density at radius 1 is 1.06 bits per heavy atom. The first-order valence-corrected chi connectivity index (χ1v) is 12.0. The first-order valence-electron chi connectivity index (χ1n) is 12.0. The average molecular weight is 448 g/mol. The summed E-state index contributed by atoms with van der Waals surface area (Å²) >= 11 is 0. The number of piperidine rings is 2. The van der Waals surface area contributed by atoms with Gasteiger partial charge in [0.1, 0.15) is 5.65 Å². The van der Waals surface area contributed by atoms with Crippen LogP contribution in [0.25, 0.3) is 5.65 Å². The van der Waals surface area contributed by atoms with Gasteiger partial charge in [-0.3, -0.25) is 4.79 Å². The lowest BCUT2D eigenvalue weighted by Crippen LogP contribution is -2.42. The summed E-state index contributed by atoms with van der Waals surface area (Å²) in [6.45, 7) is 6.04. The van der Waals surface area contributed by atoms with Gasteiger partial charge in [0, 0.05) is 62.4 Å². The number of pyridine rings is 1. The number of carbonyl (C=O) groups is 1. The van der Waals surface area contributed by atoms with Crippen LogP contribution < -0.4 is 10.2 Å². The van der Waals surface area contributed by atoms with Crippen molar-refractivity contribution in [1.29, 1.82) is 0 Å². The molecule has 2 saturated heterocycles. The molecule has 2 fully saturated rings. The summed E-state index contributed by atoms with van der Waals surface area (Å²) in [4.78, 5) is 21.6. The minimum absolute atomic E-state index is 0.0188. The number of fused-ring (bicyclic) bond motifs is 1. The number of amides is 1. The minimum atomic E-state index is -0.395. The van der Waals surface area contributed by atoms with E-state index >= 15 is 0 Å². The van der Waals surface area contributed by atoms with Gasteiger partial charge in [0.05, 0.1) is 11.8 Å². The molecule has 2 aliphatic rings. The normalized spacial score (nSPS) is 19.9. The second-order valence-electron chi connectivity index (χ2n) is 9.44. The topological polar surface area (TPSA) is 73.1 Å². The second kappa shape index (κ2) is 9.53. The van der Waals surface area contributed by atoms with Gasteiger partial charge in [0.15, 0.2) is 0 Å². The van der Waals surface area contributed by atoms with E-state index in [4.69, 9.17) is 4.98 Å². The Bertz CT molecular complexity index is 1100. The predicted molar refractivity (Wildman–Crippen MR) is 130 cm³/mol. The monoisotopic (exact) mass is 447 g/mol. The zero-order valence-corrected chi connectivity index (χ0v) is 19.3. The third kappa shape index (κ3) is 5.04. The van der Waals surface area contributed by atoms with Crippen molar-refractivity contribution in [2.75, 3.05) is 31.1 Å². The summed E-state index contributed by atoms with van der Waals surface area (Å²) in [6, 6.07) is 12.6. The van der Waals surface area contributed by atoms with E-state index in [2.05, 4.69) is 58.2 Å². The van der Waals surface area contributed by atoms with Gasteiger partial charge in [0.2, 0.25) is 0 Å². The van der Waals surface area contributed by atoms with Gasteiger partial charge in [-0.25, -0.2) is 4.98 Å². The Balaban J connectivity index is 1.12. The van der Waals surface area contributed by atoms with Crippen LogP contribution in [0.2, 0.25) is 0 Å². The van der Waals surface area contributed by atoms with E-state index in [-0.39, 0.29) is 5.91 Å². The molecule has 0 radical (unpaired) electrons. The number of aliphatic hydroxyl groups excluding tert-OH is 1. The largest absolute Gasteiger partial charge is 0.391 e. The molecule has 0 saturated carbocycles. The third-order valence-electron chi connectivity index (χ3n) is 6.88. The van der Waals surface area contributed by atoms with E-state index in [0.717, 1.165) is 63.2 Å². The number of carbonyl (C=O) groups excluding carboxylic acids is 1. The zero-order valence-electron chi connectivity index (χ0n) is 19.3. The molecule has 1 atom stereocenters. The molecule has 3 aromatic rings. The molecule has 5 rings (SSSR count). The highest BCUT2D eigenvalue weighted by Crippen LogP contribution is 2.22. The third-order valence-corrected chi connectivity index (χ3v) is 6.88. The lowest BCUT2D eigenvalue weighted by Gasteiger charge is -2.34. The maximum Gasteiger partial charge on any atom is 0.253 e. The number of aromatic nitrogens is 2. The van der Waals surface area contributed by atoms with Crippen molar-refractivity contribution in [3.8, 4) is 0 Å². The van der Waals surface area contributed by atoms with Crippen LogP contribution in [0.15, 0.2) is 48.8 Å². The van der Waals surface area contributed by atoms with Gasteiger partial charge in [-0.15, -0.1) is 0 Å². The van der Waals surface area contributed by atoms with E-state index in [9.17, 15) is 9.90 Å². The van der Waals surface area contributed by atoms with Crippen molar-refractivity contribution < 1.29 is 9.90 Å². The van der Waals surface area contributed by atoms with Crippen molar-refractivity contribution in [3.63, 3.8) is 0 Å². The molecule has 0 aliphatic carbocycles. The maximum atomic E-state index is 12.7. The molecular formula is C26H33N5O2. The van der Waals surface area contributed by atoms with Crippen molar-refractivity contribution in [1.82, 2.24) is 19.6 Å². The number of anilines is 1. The van der Waals surface area contributed by atoms with Gasteiger partial charge in [0.25, 0.3) is 5.91 Å². The number of likely N-dealkylation sites (tertiary alicyclic amines) is 1. The molecule has 4 heterocycles. The van der Waals surface area contributed by atoms with Gasteiger partial charge in [-0.2, -0.15) is 0 Å². The number of hydrogen-bond donors (Lipinski definition) is 2. The molecule has 1 aromatic carbocycles. The number of nitrogens with one attached hydrogen (secondary N) is 1. The van der Waals surface area contributed by atoms with Crippen LogP contribution in [-0.4, -0.2) is 63.6 Å². The molecule has 0 bridgehead atoms. The molecule has 2 aliphatic heterocycles. The Morgan fingerprint density at radius 3 is 2.61 bits per heavy atom. The minimum Gasteiger partial charge on any atom is -0.391 e. The summed E-state index contributed by atoms with van der Waals surface area (Å²) in [7, 11) is 0. The smallest absolute Gasteiger partial charge is 0.253 e. The molecule has 7 nitrogen and oxygen atoms in total. The highest BCUT2D eigenvalue weighted by atomic mass is 16.3. The van der Waals surface area contributed by atoms with Gasteiger partial charge in [-0.1, -0.05) is 6.07 Å². The number of aryl methyl sites for hydroxylation is 1. The molecule has 1 amide bonds.